The van der Waals surface area contributed by atoms with Crippen LogP contribution in [0.1, 0.15) is 22.1 Å². The van der Waals surface area contributed by atoms with Crippen molar-refractivity contribution in [1.29, 1.82) is 0 Å². The summed E-state index contributed by atoms with van der Waals surface area (Å²) in [4.78, 5) is 12.1. The molecule has 2 N–H and O–H groups in total. The van der Waals surface area contributed by atoms with Crippen LogP contribution >= 0.6 is 15.9 Å². The minimum Gasteiger partial charge on any atom is -0.434 e. The van der Waals surface area contributed by atoms with E-state index in [1.807, 2.05) is 0 Å². The summed E-state index contributed by atoms with van der Waals surface area (Å²) in [7, 11) is 0. The van der Waals surface area contributed by atoms with Gasteiger partial charge in [-0.2, -0.15) is 8.78 Å². The molecule has 0 saturated carbocycles. The van der Waals surface area contributed by atoms with E-state index in [2.05, 4.69) is 31.3 Å². The second kappa shape index (κ2) is 5.92. The van der Waals surface area contributed by atoms with Gasteiger partial charge in [-0.3, -0.25) is 4.79 Å². The van der Waals surface area contributed by atoms with Gasteiger partial charge in [0.1, 0.15) is 11.9 Å². The highest BCUT2D eigenvalue weighted by atomic mass is 79.9. The molecule has 7 heteroatoms. The number of halogens is 3. The third kappa shape index (κ3) is 2.89. The zero-order valence-electron chi connectivity index (χ0n) is 11.1. The van der Waals surface area contributed by atoms with Gasteiger partial charge < -0.3 is 15.4 Å². The highest BCUT2D eigenvalue weighted by Gasteiger charge is 2.27. The maximum absolute atomic E-state index is 12.5. The van der Waals surface area contributed by atoms with Crippen LogP contribution in [-0.2, 0) is 0 Å². The predicted octanol–water partition coefficient (Wildman–Crippen LogP) is 3.90. The molecule has 0 radical (unpaired) electrons. The van der Waals surface area contributed by atoms with Crippen molar-refractivity contribution in [3.63, 3.8) is 0 Å². The molecule has 0 aliphatic carbocycles. The molecule has 4 nitrogen and oxygen atoms in total. The van der Waals surface area contributed by atoms with Gasteiger partial charge in [-0.1, -0.05) is 28.1 Å². The maximum atomic E-state index is 12.5. The Labute approximate surface area is 133 Å². The second-order valence-corrected chi connectivity index (χ2v) is 5.57. The number of para-hydroxylation sites is 1. The van der Waals surface area contributed by atoms with Gasteiger partial charge in [0.05, 0.1) is 5.56 Å². The molecule has 114 valence electrons. The van der Waals surface area contributed by atoms with E-state index in [-0.39, 0.29) is 11.7 Å². The average Bonchev–Trinajstić information content (AvgIpc) is 2.48. The van der Waals surface area contributed by atoms with Crippen LogP contribution in [0, 0.1) is 0 Å². The monoisotopic (exact) mass is 368 g/mol. The first-order chi connectivity index (χ1) is 10.5. The Hall–Kier alpha value is -2.15. The van der Waals surface area contributed by atoms with Gasteiger partial charge in [-0.15, -0.1) is 0 Å². The SMILES string of the molecule is O=C1N[C@@H](c2cc(Br)ccc2OC(F)F)Nc2ccccc21. The van der Waals surface area contributed by atoms with E-state index in [1.165, 1.54) is 6.07 Å². The number of carbonyl (C=O) groups is 1. The Morgan fingerprint density at radius 3 is 2.68 bits per heavy atom. The number of nitrogens with one attached hydrogen (secondary N) is 2. The standard InChI is InChI=1S/C15H11BrF2N2O2/c16-8-5-6-12(22-15(17)18)10(7-8)13-19-11-4-2-1-3-9(11)14(21)20-13/h1-7,13,15,19H,(H,20,21)/t13-/m0/s1. The molecule has 1 aliphatic rings. The van der Waals surface area contributed by atoms with Gasteiger partial charge in [-0.05, 0) is 30.3 Å². The lowest BCUT2D eigenvalue weighted by atomic mass is 10.1. The van der Waals surface area contributed by atoms with E-state index in [1.54, 1.807) is 36.4 Å². The topological polar surface area (TPSA) is 50.4 Å². The number of ether oxygens (including phenoxy) is 1. The number of hydrogen-bond acceptors (Lipinski definition) is 3. The third-order valence-corrected chi connectivity index (χ3v) is 3.74. The van der Waals surface area contributed by atoms with Crippen LogP contribution in [0.5, 0.6) is 5.75 Å². The van der Waals surface area contributed by atoms with E-state index in [4.69, 9.17) is 0 Å². The number of anilines is 1. The molecule has 0 fully saturated rings. The number of carbonyl (C=O) groups excluding carboxylic acids is 1. The van der Waals surface area contributed by atoms with Crippen LogP contribution in [0.3, 0.4) is 0 Å². The summed E-state index contributed by atoms with van der Waals surface area (Å²) in [5, 5.41) is 5.84. The fraction of sp³-hybridized carbons (Fsp3) is 0.133. The smallest absolute Gasteiger partial charge is 0.387 e. The molecule has 1 heterocycles. The predicted molar refractivity (Wildman–Crippen MR) is 81.0 cm³/mol. The lowest BCUT2D eigenvalue weighted by Crippen LogP contribution is -2.38. The Morgan fingerprint density at radius 1 is 1.14 bits per heavy atom. The first-order valence-electron chi connectivity index (χ1n) is 6.45. The summed E-state index contributed by atoms with van der Waals surface area (Å²) in [5.41, 5.74) is 1.56. The number of alkyl halides is 2. The molecule has 0 saturated heterocycles. The van der Waals surface area contributed by atoms with Gasteiger partial charge in [0, 0.05) is 15.7 Å². The van der Waals surface area contributed by atoms with Gasteiger partial charge in [0.15, 0.2) is 0 Å². The number of amides is 1. The Balaban J connectivity index is 1.98. The van der Waals surface area contributed by atoms with Crippen LogP contribution in [-0.4, -0.2) is 12.5 Å². The summed E-state index contributed by atoms with van der Waals surface area (Å²) in [6.07, 6.45) is -0.659. The molecule has 0 spiro atoms. The molecule has 1 atom stereocenters. The second-order valence-electron chi connectivity index (χ2n) is 4.66. The van der Waals surface area contributed by atoms with Crippen molar-refractivity contribution in [2.75, 3.05) is 5.32 Å². The van der Waals surface area contributed by atoms with E-state index in [0.717, 1.165) is 0 Å². The molecule has 1 aliphatic heterocycles. The van der Waals surface area contributed by atoms with E-state index >= 15 is 0 Å². The first kappa shape index (κ1) is 14.8. The van der Waals surface area contributed by atoms with Gasteiger partial charge in [0.2, 0.25) is 0 Å². The van der Waals surface area contributed by atoms with Crippen molar-refractivity contribution >= 4 is 27.5 Å². The lowest BCUT2D eigenvalue weighted by molar-refractivity contribution is -0.0506. The van der Waals surface area contributed by atoms with Crippen molar-refractivity contribution in [2.45, 2.75) is 12.8 Å². The van der Waals surface area contributed by atoms with Crippen molar-refractivity contribution in [3.05, 3.63) is 58.1 Å². The zero-order valence-corrected chi connectivity index (χ0v) is 12.7. The van der Waals surface area contributed by atoms with Crippen molar-refractivity contribution in [3.8, 4) is 5.75 Å². The number of fused-ring (bicyclic) bond motifs is 1. The summed E-state index contributed by atoms with van der Waals surface area (Å²) in [6.45, 7) is -2.94. The highest BCUT2D eigenvalue weighted by molar-refractivity contribution is 9.10. The van der Waals surface area contributed by atoms with Crippen LogP contribution in [0.25, 0.3) is 0 Å². The zero-order chi connectivity index (χ0) is 15.7. The molecule has 2 aromatic carbocycles. The van der Waals surface area contributed by atoms with Crippen molar-refractivity contribution < 1.29 is 18.3 Å². The number of rotatable bonds is 3. The van der Waals surface area contributed by atoms with Crippen LogP contribution in [0.4, 0.5) is 14.5 Å². The lowest BCUT2D eigenvalue weighted by Gasteiger charge is -2.29. The molecule has 0 bridgehead atoms. The summed E-state index contributed by atoms with van der Waals surface area (Å²) >= 11 is 3.29. The first-order valence-corrected chi connectivity index (χ1v) is 7.24. The average molecular weight is 369 g/mol. The molecular formula is C15H11BrF2N2O2. The van der Waals surface area contributed by atoms with Crippen LogP contribution < -0.4 is 15.4 Å². The molecule has 2 aromatic rings. The van der Waals surface area contributed by atoms with Crippen LogP contribution in [0.15, 0.2) is 46.9 Å². The summed E-state index contributed by atoms with van der Waals surface area (Å²) in [5.74, 6) is -0.266. The summed E-state index contributed by atoms with van der Waals surface area (Å²) in [6, 6.07) is 11.6. The van der Waals surface area contributed by atoms with E-state index in [9.17, 15) is 13.6 Å². The molecular weight excluding hydrogens is 358 g/mol. The minimum absolute atomic E-state index is 0.00961. The van der Waals surface area contributed by atoms with Gasteiger partial charge >= 0.3 is 6.61 Å². The normalized spacial score (nSPS) is 16.7. The highest BCUT2D eigenvalue weighted by Crippen LogP contribution is 2.33. The van der Waals surface area contributed by atoms with Crippen LogP contribution in [0.2, 0.25) is 0 Å². The Bertz CT molecular complexity index is 724. The third-order valence-electron chi connectivity index (χ3n) is 3.25. The van der Waals surface area contributed by atoms with E-state index < -0.39 is 12.8 Å². The maximum Gasteiger partial charge on any atom is 0.387 e. The fourth-order valence-electron chi connectivity index (χ4n) is 2.31. The Morgan fingerprint density at radius 2 is 1.91 bits per heavy atom. The van der Waals surface area contributed by atoms with Gasteiger partial charge in [-0.25, -0.2) is 0 Å². The van der Waals surface area contributed by atoms with Gasteiger partial charge in [0.25, 0.3) is 5.91 Å². The minimum atomic E-state index is -2.94. The summed E-state index contributed by atoms with van der Waals surface area (Å²) < 4.78 is 30.3. The number of hydrogen-bond donors (Lipinski definition) is 2. The van der Waals surface area contributed by atoms with Crippen molar-refractivity contribution in [2.24, 2.45) is 0 Å². The molecule has 22 heavy (non-hydrogen) atoms. The molecule has 0 unspecified atom stereocenters. The molecule has 1 amide bonds. The molecule has 0 aromatic heterocycles. The fourth-order valence-corrected chi connectivity index (χ4v) is 2.69. The molecule has 3 rings (SSSR count). The Kier molecular flexibility index (Phi) is 3.98. The largest absolute Gasteiger partial charge is 0.434 e. The van der Waals surface area contributed by atoms with E-state index in [0.29, 0.717) is 21.3 Å². The van der Waals surface area contributed by atoms with Crippen molar-refractivity contribution in [1.82, 2.24) is 5.32 Å². The number of benzene rings is 2. The quantitative estimate of drug-likeness (QED) is 0.863.